The maximum absolute atomic E-state index is 12.4. The molecular weight excluding hydrogens is 806 g/mol. The number of carbonyl (C=O) groups is 3. The van der Waals surface area contributed by atoms with Crippen LogP contribution in [-0.4, -0.2) is 64.9 Å². The molecule has 3 atom stereocenters. The average molecular weight is 892 g/mol. The van der Waals surface area contributed by atoms with E-state index in [2.05, 4.69) is 79.9 Å². The van der Waals surface area contributed by atoms with Gasteiger partial charge in [-0.2, -0.15) is 0 Å². The van der Waals surface area contributed by atoms with Gasteiger partial charge in [0.25, 0.3) is 0 Å². The molecule has 0 fully saturated rings. The van der Waals surface area contributed by atoms with Gasteiger partial charge in [-0.15, -0.1) is 0 Å². The van der Waals surface area contributed by atoms with Crippen molar-refractivity contribution in [1.82, 2.24) is 5.32 Å². The van der Waals surface area contributed by atoms with Crippen molar-refractivity contribution in [2.75, 3.05) is 19.8 Å². The van der Waals surface area contributed by atoms with Crippen molar-refractivity contribution in [3.05, 3.63) is 72.9 Å². The fraction of sp³-hybridized carbons (Fsp3) is 0.700. The van der Waals surface area contributed by atoms with Crippen molar-refractivity contribution in [3.8, 4) is 0 Å². The van der Waals surface area contributed by atoms with Crippen LogP contribution in [0.15, 0.2) is 72.9 Å². The number of phosphoric ester groups is 1. The molecule has 0 aliphatic rings. The highest BCUT2D eigenvalue weighted by molar-refractivity contribution is 7.47. The van der Waals surface area contributed by atoms with Crippen LogP contribution in [0.1, 0.15) is 194 Å². The van der Waals surface area contributed by atoms with E-state index in [1.165, 1.54) is 96.3 Å². The Kier molecular flexibility index (Phi) is 42.3. The predicted molar refractivity (Wildman–Crippen MR) is 254 cm³/mol. The van der Waals surface area contributed by atoms with Gasteiger partial charge in [0.2, 0.25) is 5.91 Å². The number of allylic oxidation sites excluding steroid dienone is 12. The van der Waals surface area contributed by atoms with E-state index in [0.29, 0.717) is 19.3 Å². The van der Waals surface area contributed by atoms with Crippen LogP contribution in [0.5, 0.6) is 0 Å². The third-order valence-electron chi connectivity index (χ3n) is 9.98. The molecule has 4 N–H and O–H groups in total. The van der Waals surface area contributed by atoms with Crippen LogP contribution in [0.25, 0.3) is 0 Å². The molecule has 0 aromatic rings. The highest BCUT2D eigenvalue weighted by Crippen LogP contribution is 2.43. The van der Waals surface area contributed by atoms with E-state index in [4.69, 9.17) is 13.8 Å². The third kappa shape index (κ3) is 43.6. The van der Waals surface area contributed by atoms with Crippen LogP contribution in [0, 0.1) is 0 Å². The molecule has 11 nitrogen and oxygen atoms in total. The van der Waals surface area contributed by atoms with E-state index in [0.717, 1.165) is 51.4 Å². The zero-order chi connectivity index (χ0) is 45.6. The van der Waals surface area contributed by atoms with E-state index in [9.17, 15) is 34.1 Å². The van der Waals surface area contributed by atoms with Crippen molar-refractivity contribution in [2.45, 2.75) is 206 Å². The number of aliphatic hydroxyl groups is 1. The third-order valence-corrected chi connectivity index (χ3v) is 10.9. The molecule has 0 spiro atoms. The van der Waals surface area contributed by atoms with E-state index >= 15 is 0 Å². The topological polar surface area (TPSA) is 169 Å². The molecule has 0 bridgehead atoms. The molecule has 0 aromatic carbocycles. The molecule has 0 rings (SSSR count). The van der Waals surface area contributed by atoms with E-state index < -0.39 is 57.6 Å². The number of hydrogen-bond acceptors (Lipinski definition) is 8. The Morgan fingerprint density at radius 2 is 0.952 bits per heavy atom. The molecule has 0 aromatic heterocycles. The molecule has 12 heteroatoms. The Morgan fingerprint density at radius 3 is 1.45 bits per heavy atom. The smallest absolute Gasteiger partial charge is 0.472 e. The van der Waals surface area contributed by atoms with Gasteiger partial charge in [-0.25, -0.2) is 9.36 Å². The van der Waals surface area contributed by atoms with Crippen molar-refractivity contribution < 1.29 is 47.8 Å². The number of rotatable bonds is 44. The summed E-state index contributed by atoms with van der Waals surface area (Å²) in [5, 5.41) is 21.9. The lowest BCUT2D eigenvalue weighted by Crippen LogP contribution is -2.43. The number of carboxylic acids is 1. The second-order valence-corrected chi connectivity index (χ2v) is 17.4. The molecular formula is C50H86NO10P. The number of esters is 1. The number of carbonyl (C=O) groups excluding carboxylic acids is 2. The predicted octanol–water partition coefficient (Wildman–Crippen LogP) is 12.9. The summed E-state index contributed by atoms with van der Waals surface area (Å²) < 4.78 is 26.8. The first-order valence-corrected chi connectivity index (χ1v) is 25.5. The quantitative estimate of drug-likeness (QED) is 0.0200. The van der Waals surface area contributed by atoms with Crippen LogP contribution in [0.4, 0.5) is 0 Å². The minimum Gasteiger partial charge on any atom is -0.480 e. The maximum atomic E-state index is 12.4. The van der Waals surface area contributed by atoms with Crippen LogP contribution >= 0.6 is 7.82 Å². The number of aliphatic hydroxyl groups excluding tert-OH is 1. The van der Waals surface area contributed by atoms with Gasteiger partial charge >= 0.3 is 19.8 Å². The fourth-order valence-electron chi connectivity index (χ4n) is 6.29. The normalized spacial score (nSPS) is 14.3. The number of amides is 1. The standard InChI is InChI=1S/C50H86NO10P/c1-3-5-7-9-11-13-15-17-19-21-22-23-24-26-27-29-31-33-35-37-39-41-48(53)51-47(50(55)56)45-61-62(57,58)60-44-46(52)43-59-49(54)42-40-38-36-34-32-30-28-25-20-18-16-14-12-10-8-6-4-2/h6,8,12,14,17-20,28,30,34,36,46-47,52H,3-5,7,9-11,13,15-16,21-27,29,31-33,35,37-45H2,1-2H3,(H,51,53)(H,55,56)(H,57,58)/b8-6-,14-12-,19-17+,20-18-,30-28-,36-34-. The van der Waals surface area contributed by atoms with Gasteiger partial charge in [0, 0.05) is 12.8 Å². The van der Waals surface area contributed by atoms with Crippen LogP contribution in [0.3, 0.4) is 0 Å². The highest BCUT2D eigenvalue weighted by Gasteiger charge is 2.28. The first kappa shape index (κ1) is 58.9. The minimum absolute atomic E-state index is 0.138. The van der Waals surface area contributed by atoms with Gasteiger partial charge in [-0.1, -0.05) is 177 Å². The van der Waals surface area contributed by atoms with Crippen molar-refractivity contribution >= 4 is 25.7 Å². The first-order chi connectivity index (χ1) is 30.1. The van der Waals surface area contributed by atoms with Gasteiger partial charge in [0.05, 0.1) is 13.2 Å². The summed E-state index contributed by atoms with van der Waals surface area (Å²) >= 11 is 0. The van der Waals surface area contributed by atoms with E-state index in [1.807, 2.05) is 12.2 Å². The van der Waals surface area contributed by atoms with Crippen molar-refractivity contribution in [3.63, 3.8) is 0 Å². The summed E-state index contributed by atoms with van der Waals surface area (Å²) in [6.45, 7) is 2.43. The van der Waals surface area contributed by atoms with Crippen molar-refractivity contribution in [2.24, 2.45) is 0 Å². The average Bonchev–Trinajstić information content (AvgIpc) is 3.25. The molecule has 3 unspecified atom stereocenters. The second kappa shape index (κ2) is 44.5. The Bertz CT molecular complexity index is 1320. The SMILES string of the molecule is CC/C=C\C/C=C\C/C=C\C/C=C\C/C=C\CCCC(=O)OCC(O)COP(=O)(O)OCC(NC(=O)CCCCCCCCCCCCC/C=C/CCCCCCCC)C(=O)O. The van der Waals surface area contributed by atoms with Crippen LogP contribution in [-0.2, 0) is 32.7 Å². The van der Waals surface area contributed by atoms with E-state index in [1.54, 1.807) is 0 Å². The molecule has 0 saturated carbocycles. The van der Waals surface area contributed by atoms with Crippen LogP contribution < -0.4 is 5.32 Å². The van der Waals surface area contributed by atoms with Crippen molar-refractivity contribution in [1.29, 1.82) is 0 Å². The fourth-order valence-corrected chi connectivity index (χ4v) is 7.06. The number of hydrogen-bond donors (Lipinski definition) is 4. The molecule has 0 radical (unpaired) electrons. The molecule has 0 heterocycles. The zero-order valence-electron chi connectivity index (χ0n) is 38.6. The summed E-state index contributed by atoms with van der Waals surface area (Å²) in [7, 11) is -4.78. The first-order valence-electron chi connectivity index (χ1n) is 24.0. The molecule has 62 heavy (non-hydrogen) atoms. The lowest BCUT2D eigenvalue weighted by atomic mass is 10.0. The number of aliphatic carboxylic acids is 1. The lowest BCUT2D eigenvalue weighted by molar-refractivity contribution is -0.147. The minimum atomic E-state index is -4.78. The number of phosphoric acid groups is 1. The van der Waals surface area contributed by atoms with Crippen LogP contribution in [0.2, 0.25) is 0 Å². The molecule has 1 amide bonds. The number of nitrogens with one attached hydrogen (secondary N) is 1. The highest BCUT2D eigenvalue weighted by atomic mass is 31.2. The molecule has 0 saturated heterocycles. The van der Waals surface area contributed by atoms with Gasteiger partial charge in [-0.05, 0) is 77.0 Å². The summed E-state index contributed by atoms with van der Waals surface area (Å²) in [6, 6.07) is -1.56. The Balaban J connectivity index is 3.92. The summed E-state index contributed by atoms with van der Waals surface area (Å²) in [5.74, 6) is -2.44. The molecule has 356 valence electrons. The van der Waals surface area contributed by atoms with Gasteiger partial charge in [-0.3, -0.25) is 18.6 Å². The number of carboxylic acid groups (broad SMARTS) is 1. The molecule has 0 aliphatic heterocycles. The molecule has 0 aliphatic carbocycles. The number of ether oxygens (including phenoxy) is 1. The monoisotopic (exact) mass is 892 g/mol. The summed E-state index contributed by atoms with van der Waals surface area (Å²) in [5.41, 5.74) is 0. The second-order valence-electron chi connectivity index (χ2n) is 15.9. The Hall–Kier alpha value is -3.08. The van der Waals surface area contributed by atoms with Gasteiger partial charge in [0.15, 0.2) is 6.04 Å². The summed E-state index contributed by atoms with van der Waals surface area (Å²) in [6.07, 6.45) is 53.6. The number of unbranched alkanes of at least 4 members (excludes halogenated alkanes) is 18. The Morgan fingerprint density at radius 1 is 0.532 bits per heavy atom. The maximum Gasteiger partial charge on any atom is 0.472 e. The van der Waals surface area contributed by atoms with E-state index in [-0.39, 0.29) is 12.8 Å². The largest absolute Gasteiger partial charge is 0.480 e. The Labute approximate surface area is 376 Å². The zero-order valence-corrected chi connectivity index (χ0v) is 39.5. The lowest BCUT2D eigenvalue weighted by Gasteiger charge is -2.18. The van der Waals surface area contributed by atoms with Gasteiger partial charge in [0.1, 0.15) is 12.7 Å². The summed E-state index contributed by atoms with van der Waals surface area (Å²) in [4.78, 5) is 46.0. The van der Waals surface area contributed by atoms with Gasteiger partial charge < -0.3 is 25.2 Å².